The van der Waals surface area contributed by atoms with Crippen molar-refractivity contribution in [1.82, 2.24) is 23.9 Å². The number of aromatic nitrogens is 5. The Labute approximate surface area is 224 Å². The smallest absolute Gasteiger partial charge is 0.283 e. The maximum Gasteiger partial charge on any atom is 0.283 e. The van der Waals surface area contributed by atoms with Gasteiger partial charge in [0, 0.05) is 16.8 Å². The van der Waals surface area contributed by atoms with Gasteiger partial charge in [-0.1, -0.05) is 64.9 Å². The van der Waals surface area contributed by atoms with Crippen molar-refractivity contribution in [2.75, 3.05) is 0 Å². The van der Waals surface area contributed by atoms with Crippen LogP contribution in [0.15, 0.2) is 82.4 Å². The van der Waals surface area contributed by atoms with Crippen molar-refractivity contribution in [3.8, 4) is 5.13 Å². The second-order valence-corrected chi connectivity index (χ2v) is 10.5. The third kappa shape index (κ3) is 4.27. The molecule has 0 spiro atoms. The van der Waals surface area contributed by atoms with Gasteiger partial charge in [0.1, 0.15) is 5.15 Å². The zero-order valence-electron chi connectivity index (χ0n) is 19.6. The van der Waals surface area contributed by atoms with E-state index in [9.17, 15) is 9.59 Å². The molecule has 0 unspecified atom stereocenters. The summed E-state index contributed by atoms with van der Waals surface area (Å²) in [6, 6.07) is 21.9. The summed E-state index contributed by atoms with van der Waals surface area (Å²) >= 11 is 13.7. The van der Waals surface area contributed by atoms with Crippen molar-refractivity contribution < 1.29 is 0 Å². The fourth-order valence-corrected chi connectivity index (χ4v) is 5.91. The molecule has 37 heavy (non-hydrogen) atoms. The molecule has 0 saturated carbocycles. The van der Waals surface area contributed by atoms with Crippen molar-refractivity contribution in [1.29, 1.82) is 0 Å². The topological polar surface area (TPSA) is 74.7 Å². The molecule has 0 fully saturated rings. The van der Waals surface area contributed by atoms with E-state index in [0.29, 0.717) is 44.1 Å². The fraction of sp³-hybridized carbons (Fsp3) is 0.111. The van der Waals surface area contributed by atoms with Crippen LogP contribution in [0.2, 0.25) is 10.2 Å². The van der Waals surface area contributed by atoms with Gasteiger partial charge in [-0.05, 0) is 48.9 Å². The number of para-hydroxylation sites is 1. The van der Waals surface area contributed by atoms with Gasteiger partial charge >= 0.3 is 0 Å². The highest BCUT2D eigenvalue weighted by atomic mass is 35.5. The van der Waals surface area contributed by atoms with Gasteiger partial charge < -0.3 is 4.57 Å². The van der Waals surface area contributed by atoms with Gasteiger partial charge in [-0.25, -0.2) is 9.97 Å². The standard InChI is InChI=1S/C27H19Cl2N5O2S/c1-16-25-21(13-24(35)32(16)15-19-8-5-11-23(29)30-19)33(14-17-6-4-7-18(28)12-17)34(26(25)36)27-31-20-9-2-3-10-22(20)37-27/h2-13H,14-15H2,1H3. The summed E-state index contributed by atoms with van der Waals surface area (Å²) in [6.07, 6.45) is 0. The summed E-state index contributed by atoms with van der Waals surface area (Å²) in [7, 11) is 0. The largest absolute Gasteiger partial charge is 0.306 e. The number of hydrogen-bond acceptors (Lipinski definition) is 5. The molecule has 0 aliphatic rings. The van der Waals surface area contributed by atoms with Gasteiger partial charge in [0.15, 0.2) is 0 Å². The molecule has 184 valence electrons. The van der Waals surface area contributed by atoms with E-state index in [2.05, 4.69) is 4.98 Å². The maximum atomic E-state index is 14.0. The molecule has 0 saturated heterocycles. The van der Waals surface area contributed by atoms with Crippen molar-refractivity contribution >= 4 is 55.7 Å². The number of aryl methyl sites for hydroxylation is 1. The van der Waals surface area contributed by atoms with Gasteiger partial charge in [0.2, 0.25) is 5.13 Å². The highest BCUT2D eigenvalue weighted by Crippen LogP contribution is 2.26. The van der Waals surface area contributed by atoms with E-state index in [4.69, 9.17) is 28.2 Å². The predicted molar refractivity (Wildman–Crippen MR) is 149 cm³/mol. The van der Waals surface area contributed by atoms with Crippen molar-refractivity contribution in [3.63, 3.8) is 0 Å². The van der Waals surface area contributed by atoms with E-state index < -0.39 is 0 Å². The highest BCUT2D eigenvalue weighted by molar-refractivity contribution is 7.20. The van der Waals surface area contributed by atoms with E-state index in [1.807, 2.05) is 42.5 Å². The minimum atomic E-state index is -0.249. The number of fused-ring (bicyclic) bond motifs is 2. The fourth-order valence-electron chi connectivity index (χ4n) is 4.55. The van der Waals surface area contributed by atoms with Crippen LogP contribution in [-0.2, 0) is 13.1 Å². The van der Waals surface area contributed by atoms with Crippen LogP contribution in [0.4, 0.5) is 0 Å². The number of nitrogens with zero attached hydrogens (tertiary/aromatic N) is 5. The molecule has 0 bridgehead atoms. The Bertz CT molecular complexity index is 1900. The third-order valence-electron chi connectivity index (χ3n) is 6.25. The van der Waals surface area contributed by atoms with Crippen molar-refractivity contribution in [2.24, 2.45) is 0 Å². The number of hydrogen-bond donors (Lipinski definition) is 0. The summed E-state index contributed by atoms with van der Waals surface area (Å²) in [5, 5.41) is 1.91. The average molecular weight is 548 g/mol. The van der Waals surface area contributed by atoms with E-state index in [1.165, 1.54) is 17.4 Å². The predicted octanol–water partition coefficient (Wildman–Crippen LogP) is 5.67. The molecule has 6 rings (SSSR count). The van der Waals surface area contributed by atoms with Gasteiger partial charge in [-0.3, -0.25) is 14.3 Å². The first kappa shape index (κ1) is 23.7. The molecular weight excluding hydrogens is 529 g/mol. The second-order valence-electron chi connectivity index (χ2n) is 8.63. The molecule has 0 amide bonds. The zero-order chi connectivity index (χ0) is 25.7. The molecule has 0 atom stereocenters. The summed E-state index contributed by atoms with van der Waals surface area (Å²) in [5.41, 5.74) is 2.91. The molecule has 4 aromatic heterocycles. The second kappa shape index (κ2) is 9.30. The van der Waals surface area contributed by atoms with E-state index in [1.54, 1.807) is 45.1 Å². The molecule has 4 heterocycles. The first-order valence-corrected chi connectivity index (χ1v) is 13.0. The molecule has 0 radical (unpaired) electrons. The number of benzene rings is 2. The minimum Gasteiger partial charge on any atom is -0.306 e. The lowest BCUT2D eigenvalue weighted by molar-refractivity contribution is 0.610. The Morgan fingerprint density at radius 1 is 0.892 bits per heavy atom. The zero-order valence-corrected chi connectivity index (χ0v) is 21.9. The normalized spacial score (nSPS) is 11.5. The van der Waals surface area contributed by atoms with E-state index in [0.717, 1.165) is 15.8 Å². The molecular formula is C27H19Cl2N5O2S. The summed E-state index contributed by atoms with van der Waals surface area (Å²) in [4.78, 5) is 36.4. The van der Waals surface area contributed by atoms with Crippen LogP contribution in [0.3, 0.4) is 0 Å². The molecule has 2 aromatic carbocycles. The SMILES string of the molecule is Cc1c2c(=O)n(-c3nc4ccccc4s3)n(Cc3cccc(Cl)c3)c2cc(=O)n1Cc1cccc(Cl)n1. The lowest BCUT2D eigenvalue weighted by Crippen LogP contribution is -2.24. The van der Waals surface area contributed by atoms with Crippen LogP contribution >= 0.6 is 34.5 Å². The Hall–Kier alpha value is -3.72. The van der Waals surface area contributed by atoms with Crippen LogP contribution in [0.5, 0.6) is 0 Å². The quantitative estimate of drug-likeness (QED) is 0.260. The van der Waals surface area contributed by atoms with E-state index in [-0.39, 0.29) is 17.7 Å². The summed E-state index contributed by atoms with van der Waals surface area (Å²) in [6.45, 7) is 2.30. The van der Waals surface area contributed by atoms with Gasteiger partial charge in [-0.2, -0.15) is 4.68 Å². The molecule has 0 aliphatic heterocycles. The van der Waals surface area contributed by atoms with E-state index >= 15 is 0 Å². The van der Waals surface area contributed by atoms with Crippen LogP contribution in [0.1, 0.15) is 17.0 Å². The Kier molecular flexibility index (Phi) is 5.95. The molecule has 6 aromatic rings. The molecule has 10 heteroatoms. The minimum absolute atomic E-state index is 0.196. The van der Waals surface area contributed by atoms with Crippen molar-refractivity contribution in [3.05, 3.63) is 121 Å². The van der Waals surface area contributed by atoms with Crippen LogP contribution in [0, 0.1) is 6.92 Å². The number of rotatable bonds is 5. The Morgan fingerprint density at radius 2 is 1.70 bits per heavy atom. The Morgan fingerprint density at radius 3 is 2.49 bits per heavy atom. The van der Waals surface area contributed by atoms with Gasteiger partial charge in [0.25, 0.3) is 11.1 Å². The van der Waals surface area contributed by atoms with Gasteiger partial charge in [-0.15, -0.1) is 0 Å². The molecule has 0 aliphatic carbocycles. The van der Waals surface area contributed by atoms with Crippen LogP contribution in [0.25, 0.3) is 26.3 Å². The third-order valence-corrected chi connectivity index (χ3v) is 7.71. The van der Waals surface area contributed by atoms with Crippen LogP contribution in [-0.4, -0.2) is 23.9 Å². The first-order valence-electron chi connectivity index (χ1n) is 11.5. The lowest BCUT2D eigenvalue weighted by atomic mass is 10.2. The average Bonchev–Trinajstić information content (AvgIpc) is 3.40. The van der Waals surface area contributed by atoms with Gasteiger partial charge in [0.05, 0.1) is 39.9 Å². The lowest BCUT2D eigenvalue weighted by Gasteiger charge is -2.13. The van der Waals surface area contributed by atoms with Crippen LogP contribution < -0.4 is 11.1 Å². The monoisotopic (exact) mass is 547 g/mol. The number of halogens is 2. The maximum absolute atomic E-state index is 14.0. The summed E-state index contributed by atoms with van der Waals surface area (Å²) in [5.74, 6) is 0. The number of pyridine rings is 2. The first-order chi connectivity index (χ1) is 17.9. The number of thiazole rings is 1. The Balaban J connectivity index is 1.61. The highest BCUT2D eigenvalue weighted by Gasteiger charge is 2.22. The summed E-state index contributed by atoms with van der Waals surface area (Å²) < 4.78 is 5.88. The molecule has 0 N–H and O–H groups in total. The van der Waals surface area contributed by atoms with Crippen molar-refractivity contribution in [2.45, 2.75) is 20.0 Å². The molecule has 7 nitrogen and oxygen atoms in total.